The summed E-state index contributed by atoms with van der Waals surface area (Å²) in [6.45, 7) is 1.45. The topological polar surface area (TPSA) is 89.3 Å². The zero-order chi connectivity index (χ0) is 16.1. The number of hydrogen-bond acceptors (Lipinski definition) is 5. The number of aromatic nitrogens is 4. The molecule has 2 heterocycles. The van der Waals surface area contributed by atoms with Crippen molar-refractivity contribution in [3.63, 3.8) is 0 Å². The Hall–Kier alpha value is -2.84. The van der Waals surface area contributed by atoms with Crippen LogP contribution >= 0.6 is 0 Å². The first kappa shape index (κ1) is 14.1. The fraction of sp³-hybridized carbons (Fsp3) is 0.154. The quantitative estimate of drug-likeness (QED) is 0.720. The van der Waals surface area contributed by atoms with Crippen molar-refractivity contribution in [2.45, 2.75) is 13.1 Å². The number of anilines is 1. The van der Waals surface area contributed by atoms with Crippen molar-refractivity contribution in [2.75, 3.05) is 5.73 Å². The van der Waals surface area contributed by atoms with E-state index in [0.29, 0.717) is 11.6 Å². The highest BCUT2D eigenvalue weighted by Gasteiger charge is 2.32. The van der Waals surface area contributed by atoms with E-state index in [2.05, 4.69) is 15.3 Å². The summed E-state index contributed by atoms with van der Waals surface area (Å²) >= 11 is 0. The molecule has 0 radical (unpaired) electrons. The summed E-state index contributed by atoms with van der Waals surface area (Å²) in [6.07, 6.45) is -3.09. The molecule has 3 aromatic rings. The lowest BCUT2D eigenvalue weighted by atomic mass is 10.00. The first-order valence-corrected chi connectivity index (χ1v) is 6.16. The normalized spacial score (nSPS) is 12.0. The molecule has 114 valence electrons. The molecule has 0 aliphatic rings. The minimum Gasteiger partial charge on any atom is -0.507 e. The number of nitrogens with two attached hydrogens (primary N) is 1. The molecule has 0 fully saturated rings. The Morgan fingerprint density at radius 2 is 1.95 bits per heavy atom. The van der Waals surface area contributed by atoms with Crippen LogP contribution in [-0.2, 0) is 6.18 Å². The van der Waals surface area contributed by atoms with E-state index in [1.165, 1.54) is 17.6 Å². The molecule has 6 nitrogen and oxygen atoms in total. The van der Waals surface area contributed by atoms with Crippen molar-refractivity contribution in [1.82, 2.24) is 19.8 Å². The van der Waals surface area contributed by atoms with Crippen LogP contribution in [0.4, 0.5) is 19.1 Å². The van der Waals surface area contributed by atoms with Crippen LogP contribution in [0.5, 0.6) is 5.75 Å². The highest BCUT2D eigenvalue weighted by Crippen LogP contribution is 2.39. The summed E-state index contributed by atoms with van der Waals surface area (Å²) in [7, 11) is 0. The molecule has 1 aromatic carbocycles. The Balaban J connectivity index is 2.28. The molecule has 9 heteroatoms. The molecule has 0 saturated heterocycles. The molecule has 0 aliphatic carbocycles. The molecular weight excluding hydrogens is 299 g/mol. The molecular formula is C13H10F3N5O. The van der Waals surface area contributed by atoms with Gasteiger partial charge in [0.05, 0.1) is 17.3 Å². The van der Waals surface area contributed by atoms with Crippen molar-refractivity contribution >= 4 is 11.5 Å². The van der Waals surface area contributed by atoms with Gasteiger partial charge in [0, 0.05) is 5.56 Å². The SMILES string of the molecule is Cc1cc(C(F)(F)F)cc(O)c1-c1nnc(N)n2nccc12. The lowest BCUT2D eigenvalue weighted by Crippen LogP contribution is -2.07. The van der Waals surface area contributed by atoms with Crippen LogP contribution in [0.3, 0.4) is 0 Å². The number of fused-ring (bicyclic) bond motifs is 1. The maximum atomic E-state index is 12.8. The molecule has 0 spiro atoms. The highest BCUT2D eigenvalue weighted by atomic mass is 19.4. The standard InChI is InChI=1S/C13H10F3N5O/c1-6-4-7(13(14,15)16)5-9(22)10(6)11-8-2-3-18-21(8)12(17)20-19-11/h2-5,22H,1H3,(H2,17,20). The fourth-order valence-electron chi connectivity index (χ4n) is 2.28. The summed E-state index contributed by atoms with van der Waals surface area (Å²) in [5.74, 6) is -0.498. The Labute approximate surface area is 122 Å². The van der Waals surface area contributed by atoms with Crippen molar-refractivity contribution in [3.05, 3.63) is 35.5 Å². The number of nitrogen functional groups attached to an aromatic ring is 1. The first-order valence-electron chi connectivity index (χ1n) is 6.16. The van der Waals surface area contributed by atoms with Gasteiger partial charge in [-0.1, -0.05) is 0 Å². The Morgan fingerprint density at radius 1 is 1.23 bits per heavy atom. The largest absolute Gasteiger partial charge is 0.507 e. The van der Waals surface area contributed by atoms with E-state index in [1.807, 2.05) is 0 Å². The lowest BCUT2D eigenvalue weighted by molar-refractivity contribution is -0.137. The maximum Gasteiger partial charge on any atom is 0.416 e. The molecule has 0 aliphatic heterocycles. The average Bonchev–Trinajstić information content (AvgIpc) is 2.89. The van der Waals surface area contributed by atoms with Crippen molar-refractivity contribution < 1.29 is 18.3 Å². The van der Waals surface area contributed by atoms with E-state index in [1.54, 1.807) is 6.07 Å². The monoisotopic (exact) mass is 309 g/mol. The number of alkyl halides is 3. The van der Waals surface area contributed by atoms with E-state index >= 15 is 0 Å². The number of benzene rings is 1. The Bertz CT molecular complexity index is 849. The summed E-state index contributed by atoms with van der Waals surface area (Å²) in [5.41, 5.74) is 5.70. The number of nitrogens with zero attached hydrogens (tertiary/aromatic N) is 4. The number of aromatic hydroxyl groups is 1. The maximum absolute atomic E-state index is 12.8. The van der Waals surface area contributed by atoms with Crippen LogP contribution < -0.4 is 5.73 Å². The molecule has 3 N–H and O–H groups in total. The molecule has 0 atom stereocenters. The number of halogens is 3. The molecule has 22 heavy (non-hydrogen) atoms. The second-order valence-electron chi connectivity index (χ2n) is 4.72. The molecule has 0 saturated carbocycles. The van der Waals surface area contributed by atoms with Gasteiger partial charge in [-0.25, -0.2) is 0 Å². The average molecular weight is 309 g/mol. The van der Waals surface area contributed by atoms with Crippen LogP contribution in [0.15, 0.2) is 24.4 Å². The molecule has 0 unspecified atom stereocenters. The minimum absolute atomic E-state index is 0.0350. The second kappa shape index (κ2) is 4.58. The molecule has 2 aromatic heterocycles. The molecule has 0 bridgehead atoms. The summed E-state index contributed by atoms with van der Waals surface area (Å²) in [4.78, 5) is 0. The van der Waals surface area contributed by atoms with Crippen molar-refractivity contribution in [1.29, 1.82) is 0 Å². The minimum atomic E-state index is -4.54. The Morgan fingerprint density at radius 3 is 2.59 bits per heavy atom. The van der Waals surface area contributed by atoms with Gasteiger partial charge in [0.2, 0.25) is 5.95 Å². The van der Waals surface area contributed by atoms with E-state index in [-0.39, 0.29) is 22.8 Å². The van der Waals surface area contributed by atoms with E-state index < -0.39 is 17.5 Å². The first-order chi connectivity index (χ1) is 10.3. The van der Waals surface area contributed by atoms with E-state index in [4.69, 9.17) is 5.73 Å². The van der Waals surface area contributed by atoms with Gasteiger partial charge in [-0.2, -0.15) is 22.8 Å². The number of phenols is 1. The predicted octanol–water partition coefficient (Wildman–Crippen LogP) is 2.41. The summed E-state index contributed by atoms with van der Waals surface area (Å²) in [6, 6.07) is 3.18. The third kappa shape index (κ3) is 2.10. The Kier molecular flexibility index (Phi) is 2.94. The molecule has 0 amide bonds. The smallest absolute Gasteiger partial charge is 0.416 e. The second-order valence-corrected chi connectivity index (χ2v) is 4.72. The van der Waals surface area contributed by atoms with Crippen LogP contribution in [0.2, 0.25) is 0 Å². The van der Waals surface area contributed by atoms with Crippen LogP contribution in [0.25, 0.3) is 16.8 Å². The van der Waals surface area contributed by atoms with Crippen LogP contribution in [0.1, 0.15) is 11.1 Å². The summed E-state index contributed by atoms with van der Waals surface area (Å²) < 4.78 is 39.6. The van der Waals surface area contributed by atoms with E-state index in [0.717, 1.165) is 6.07 Å². The third-order valence-corrected chi connectivity index (χ3v) is 3.23. The zero-order valence-corrected chi connectivity index (χ0v) is 11.3. The summed E-state index contributed by atoms with van der Waals surface area (Å²) in [5, 5.41) is 21.6. The number of hydrogen-bond donors (Lipinski definition) is 2. The van der Waals surface area contributed by atoms with Crippen molar-refractivity contribution in [3.8, 4) is 17.0 Å². The number of phenolic OH excluding ortho intramolecular Hbond substituents is 1. The van der Waals surface area contributed by atoms with Gasteiger partial charge in [-0.15, -0.1) is 10.2 Å². The van der Waals surface area contributed by atoms with Gasteiger partial charge >= 0.3 is 6.18 Å². The molecule has 3 rings (SSSR count). The van der Waals surface area contributed by atoms with E-state index in [9.17, 15) is 18.3 Å². The van der Waals surface area contributed by atoms with Crippen LogP contribution in [0, 0.1) is 6.92 Å². The van der Waals surface area contributed by atoms with Gasteiger partial charge < -0.3 is 10.8 Å². The van der Waals surface area contributed by atoms with Gasteiger partial charge in [0.25, 0.3) is 0 Å². The zero-order valence-electron chi connectivity index (χ0n) is 11.3. The van der Waals surface area contributed by atoms with Gasteiger partial charge in [-0.05, 0) is 30.7 Å². The number of aryl methyl sites for hydroxylation is 1. The van der Waals surface area contributed by atoms with Gasteiger partial charge in [0.1, 0.15) is 11.4 Å². The fourth-order valence-corrected chi connectivity index (χ4v) is 2.28. The predicted molar refractivity (Wildman–Crippen MR) is 72.0 cm³/mol. The van der Waals surface area contributed by atoms with Gasteiger partial charge in [0.15, 0.2) is 0 Å². The van der Waals surface area contributed by atoms with Crippen LogP contribution in [-0.4, -0.2) is 24.9 Å². The number of rotatable bonds is 1. The lowest BCUT2D eigenvalue weighted by Gasteiger charge is -2.13. The highest BCUT2D eigenvalue weighted by molar-refractivity contribution is 5.82. The van der Waals surface area contributed by atoms with Crippen molar-refractivity contribution in [2.24, 2.45) is 0 Å². The van der Waals surface area contributed by atoms with Gasteiger partial charge in [-0.3, -0.25) is 0 Å². The third-order valence-electron chi connectivity index (χ3n) is 3.23.